The molecule has 3 aromatic rings. The normalized spacial score (nSPS) is 10.6. The molecule has 1 N–H and O–H groups in total. The molecule has 0 atom stereocenters. The Morgan fingerprint density at radius 2 is 1.90 bits per heavy atom. The van der Waals surface area contributed by atoms with Crippen molar-refractivity contribution in [2.45, 2.75) is 17.0 Å². The molecule has 11 heteroatoms. The molecule has 2 aromatic carbocycles. The van der Waals surface area contributed by atoms with Crippen LogP contribution in [0.25, 0.3) is 0 Å². The van der Waals surface area contributed by atoms with Crippen molar-refractivity contribution in [1.82, 2.24) is 9.55 Å². The van der Waals surface area contributed by atoms with Gasteiger partial charge in [0.2, 0.25) is 0 Å². The van der Waals surface area contributed by atoms with Gasteiger partial charge in [-0.1, -0.05) is 12.1 Å². The molecule has 29 heavy (non-hydrogen) atoms. The Hall–Kier alpha value is -3.73. The third-order valence-corrected chi connectivity index (χ3v) is 5.28. The SMILES string of the molecule is Cc1c(C(=O)Nc2ccccc2Sc2nccn2C)cc([N+](=O)[O-])cc1[N+](=O)[O-]. The lowest BCUT2D eigenvalue weighted by atomic mass is 10.0. The Morgan fingerprint density at radius 1 is 1.17 bits per heavy atom. The topological polar surface area (TPSA) is 133 Å². The van der Waals surface area contributed by atoms with Crippen molar-refractivity contribution < 1.29 is 14.6 Å². The van der Waals surface area contributed by atoms with Crippen molar-refractivity contribution in [2.75, 3.05) is 5.32 Å². The van der Waals surface area contributed by atoms with Gasteiger partial charge < -0.3 is 9.88 Å². The summed E-state index contributed by atoms with van der Waals surface area (Å²) in [6.07, 6.45) is 3.43. The average molecular weight is 413 g/mol. The number of para-hydroxylation sites is 1. The number of rotatable bonds is 6. The lowest BCUT2D eigenvalue weighted by Gasteiger charge is -2.12. The molecular weight excluding hydrogens is 398 g/mol. The second kappa shape index (κ2) is 8.10. The molecular formula is C18H15N5O5S. The number of imidazole rings is 1. The minimum Gasteiger partial charge on any atom is -0.329 e. The number of nitro groups is 2. The predicted molar refractivity (Wildman–Crippen MR) is 106 cm³/mol. The summed E-state index contributed by atoms with van der Waals surface area (Å²) in [7, 11) is 1.84. The number of carbonyl (C=O) groups is 1. The van der Waals surface area contributed by atoms with Crippen LogP contribution in [-0.2, 0) is 7.05 Å². The Morgan fingerprint density at radius 3 is 2.52 bits per heavy atom. The summed E-state index contributed by atoms with van der Waals surface area (Å²) in [4.78, 5) is 38.6. The van der Waals surface area contributed by atoms with Crippen LogP contribution < -0.4 is 5.32 Å². The molecule has 1 aromatic heterocycles. The first-order valence-corrected chi connectivity index (χ1v) is 9.08. The van der Waals surface area contributed by atoms with Crippen molar-refractivity contribution in [3.05, 3.63) is 80.1 Å². The maximum atomic E-state index is 12.8. The number of aryl methyl sites for hydroxylation is 1. The van der Waals surface area contributed by atoms with Gasteiger partial charge in [0.15, 0.2) is 5.16 Å². The smallest absolute Gasteiger partial charge is 0.279 e. The third-order valence-electron chi connectivity index (χ3n) is 4.13. The number of hydrogen-bond donors (Lipinski definition) is 1. The van der Waals surface area contributed by atoms with E-state index < -0.39 is 27.1 Å². The standard InChI is InChI=1S/C18H15N5O5S/c1-11-13(9-12(22(25)26)10-15(11)23(27)28)17(24)20-14-5-3-4-6-16(14)29-18-19-7-8-21(18)2/h3-10H,1-2H3,(H,20,24). The van der Waals surface area contributed by atoms with E-state index in [0.717, 1.165) is 12.1 Å². The highest BCUT2D eigenvalue weighted by atomic mass is 32.2. The summed E-state index contributed by atoms with van der Waals surface area (Å²) >= 11 is 1.33. The molecule has 0 fully saturated rings. The summed E-state index contributed by atoms with van der Waals surface area (Å²) in [5, 5.41) is 25.7. The first-order chi connectivity index (χ1) is 13.8. The number of amides is 1. The highest BCUT2D eigenvalue weighted by Crippen LogP contribution is 2.33. The van der Waals surface area contributed by atoms with Crippen LogP contribution in [0.1, 0.15) is 15.9 Å². The van der Waals surface area contributed by atoms with E-state index in [-0.39, 0.29) is 11.1 Å². The van der Waals surface area contributed by atoms with Gasteiger partial charge in [-0.2, -0.15) is 0 Å². The monoisotopic (exact) mass is 413 g/mol. The first-order valence-electron chi connectivity index (χ1n) is 8.27. The van der Waals surface area contributed by atoms with E-state index >= 15 is 0 Å². The number of nitrogens with one attached hydrogen (secondary N) is 1. The molecule has 0 saturated heterocycles. The molecule has 0 unspecified atom stereocenters. The lowest BCUT2D eigenvalue weighted by molar-refractivity contribution is -0.394. The summed E-state index contributed by atoms with van der Waals surface area (Å²) < 4.78 is 1.82. The van der Waals surface area contributed by atoms with Gasteiger partial charge in [-0.3, -0.25) is 25.0 Å². The van der Waals surface area contributed by atoms with Gasteiger partial charge in [0.25, 0.3) is 17.3 Å². The van der Waals surface area contributed by atoms with Crippen molar-refractivity contribution >= 4 is 34.7 Å². The molecule has 1 amide bonds. The highest BCUT2D eigenvalue weighted by Gasteiger charge is 2.25. The molecule has 0 saturated carbocycles. The third kappa shape index (κ3) is 4.24. The van der Waals surface area contributed by atoms with E-state index in [1.807, 2.05) is 11.6 Å². The minimum absolute atomic E-state index is 0.0485. The fourth-order valence-electron chi connectivity index (χ4n) is 2.61. The van der Waals surface area contributed by atoms with E-state index in [1.165, 1.54) is 18.7 Å². The minimum atomic E-state index is -0.770. The zero-order chi connectivity index (χ0) is 21.1. The van der Waals surface area contributed by atoms with E-state index in [9.17, 15) is 25.0 Å². The number of benzene rings is 2. The molecule has 0 aliphatic heterocycles. The largest absolute Gasteiger partial charge is 0.329 e. The molecule has 0 spiro atoms. The van der Waals surface area contributed by atoms with Crippen molar-refractivity contribution in [2.24, 2.45) is 7.05 Å². The summed E-state index contributed by atoms with van der Waals surface area (Å²) in [5.74, 6) is -0.679. The molecule has 0 radical (unpaired) electrons. The van der Waals surface area contributed by atoms with E-state index in [1.54, 1.807) is 36.7 Å². The zero-order valence-electron chi connectivity index (χ0n) is 15.4. The van der Waals surface area contributed by atoms with Crippen LogP contribution in [0.2, 0.25) is 0 Å². The van der Waals surface area contributed by atoms with Crippen LogP contribution in [0.3, 0.4) is 0 Å². The molecule has 0 aliphatic rings. The Balaban J connectivity index is 1.96. The van der Waals surface area contributed by atoms with Crippen LogP contribution in [0.4, 0.5) is 17.1 Å². The highest BCUT2D eigenvalue weighted by molar-refractivity contribution is 7.99. The predicted octanol–water partition coefficient (Wildman–Crippen LogP) is 3.95. The number of non-ortho nitro benzene ring substituents is 1. The second-order valence-electron chi connectivity index (χ2n) is 6.02. The number of anilines is 1. The van der Waals surface area contributed by atoms with Gasteiger partial charge in [-0.15, -0.1) is 0 Å². The molecule has 0 bridgehead atoms. The van der Waals surface area contributed by atoms with Crippen LogP contribution >= 0.6 is 11.8 Å². The number of nitrogens with zero attached hydrogens (tertiary/aromatic N) is 4. The molecule has 0 aliphatic carbocycles. The lowest BCUT2D eigenvalue weighted by Crippen LogP contribution is -2.15. The fourth-order valence-corrected chi connectivity index (χ4v) is 3.50. The van der Waals surface area contributed by atoms with E-state index in [4.69, 9.17) is 0 Å². The van der Waals surface area contributed by atoms with Gasteiger partial charge >= 0.3 is 0 Å². The molecule has 148 valence electrons. The van der Waals surface area contributed by atoms with Crippen LogP contribution in [0, 0.1) is 27.2 Å². The first kappa shape index (κ1) is 20.0. The van der Waals surface area contributed by atoms with Gasteiger partial charge in [-0.25, -0.2) is 4.98 Å². The fraction of sp³-hybridized carbons (Fsp3) is 0.111. The summed E-state index contributed by atoms with van der Waals surface area (Å²) in [5.41, 5.74) is -0.641. The van der Waals surface area contributed by atoms with Gasteiger partial charge in [0, 0.05) is 36.0 Å². The maximum Gasteiger partial charge on any atom is 0.279 e. The average Bonchev–Trinajstić information content (AvgIpc) is 3.07. The molecule has 10 nitrogen and oxygen atoms in total. The number of nitro benzene ring substituents is 2. The van der Waals surface area contributed by atoms with Crippen molar-refractivity contribution in [1.29, 1.82) is 0 Å². The Labute approximate surface area is 168 Å². The molecule has 1 heterocycles. The van der Waals surface area contributed by atoms with Crippen LogP contribution in [0.15, 0.2) is 58.8 Å². The number of carbonyl (C=O) groups excluding carboxylic acids is 1. The van der Waals surface area contributed by atoms with Crippen molar-refractivity contribution in [3.8, 4) is 0 Å². The number of hydrogen-bond acceptors (Lipinski definition) is 7. The van der Waals surface area contributed by atoms with Crippen LogP contribution in [0.5, 0.6) is 0 Å². The van der Waals surface area contributed by atoms with Gasteiger partial charge in [-0.05, 0) is 30.8 Å². The zero-order valence-corrected chi connectivity index (χ0v) is 16.2. The van der Waals surface area contributed by atoms with E-state index in [2.05, 4.69) is 10.3 Å². The van der Waals surface area contributed by atoms with Crippen LogP contribution in [-0.4, -0.2) is 25.3 Å². The summed E-state index contributed by atoms with van der Waals surface area (Å²) in [6, 6.07) is 8.86. The number of aromatic nitrogens is 2. The van der Waals surface area contributed by atoms with Gasteiger partial charge in [0.05, 0.1) is 27.2 Å². The second-order valence-corrected chi connectivity index (χ2v) is 7.03. The Bertz CT molecular complexity index is 1130. The maximum absolute atomic E-state index is 12.8. The summed E-state index contributed by atoms with van der Waals surface area (Å²) in [6.45, 7) is 1.38. The van der Waals surface area contributed by atoms with Gasteiger partial charge in [0.1, 0.15) is 0 Å². The Kier molecular flexibility index (Phi) is 5.59. The molecule has 3 rings (SSSR count). The quantitative estimate of drug-likeness (QED) is 0.478. The van der Waals surface area contributed by atoms with E-state index in [0.29, 0.717) is 15.7 Å². The van der Waals surface area contributed by atoms with Crippen molar-refractivity contribution in [3.63, 3.8) is 0 Å².